The van der Waals surface area contributed by atoms with E-state index < -0.39 is 4.92 Å². The molecule has 2 rings (SSSR count). The second-order valence-corrected chi connectivity index (χ2v) is 3.42. The van der Waals surface area contributed by atoms with Gasteiger partial charge in [-0.3, -0.25) is 9.78 Å². The highest BCUT2D eigenvalue weighted by Crippen LogP contribution is 2.06. The first kappa shape index (κ1) is 11.7. The molecule has 0 fully saturated rings. The van der Waals surface area contributed by atoms with E-state index in [0.717, 1.165) is 0 Å². The summed E-state index contributed by atoms with van der Waals surface area (Å²) in [5, 5.41) is 16.6. The lowest BCUT2D eigenvalue weighted by atomic mass is 10.4. The Kier molecular flexibility index (Phi) is 3.28. The topological polar surface area (TPSA) is 103 Å². The maximum atomic E-state index is 11.6. The zero-order chi connectivity index (χ0) is 13.0. The van der Waals surface area contributed by atoms with Crippen LogP contribution in [0.3, 0.4) is 0 Å². The maximum Gasteiger partial charge on any atom is 0.389 e. The van der Waals surface area contributed by atoms with Crippen LogP contribution in [-0.4, -0.2) is 25.6 Å². The molecule has 0 aliphatic carbocycles. The van der Waals surface area contributed by atoms with Crippen molar-refractivity contribution in [3.63, 3.8) is 0 Å². The number of nitrogens with zero attached hydrogens (tertiary/aromatic N) is 4. The fraction of sp³-hybridized carbons (Fsp3) is 0.100. The van der Waals surface area contributed by atoms with Gasteiger partial charge in [-0.15, -0.1) is 0 Å². The van der Waals surface area contributed by atoms with Crippen molar-refractivity contribution in [3.8, 4) is 0 Å². The van der Waals surface area contributed by atoms with Crippen LogP contribution in [0, 0.1) is 10.1 Å². The summed E-state index contributed by atoms with van der Waals surface area (Å²) in [6.45, 7) is -0.0945. The van der Waals surface area contributed by atoms with Gasteiger partial charge in [0.05, 0.1) is 29.2 Å². The SMILES string of the molecule is O=C(Cn1ccc([N+](=O)[O-])n1)Nc1cccnc1. The zero-order valence-electron chi connectivity index (χ0n) is 9.18. The molecule has 0 saturated carbocycles. The second-order valence-electron chi connectivity index (χ2n) is 3.42. The Labute approximate surface area is 101 Å². The Balaban J connectivity index is 1.97. The number of aromatic nitrogens is 3. The fourth-order valence-electron chi connectivity index (χ4n) is 1.32. The average molecular weight is 247 g/mol. The normalized spacial score (nSPS) is 10.0. The van der Waals surface area contributed by atoms with Crippen molar-refractivity contribution in [1.82, 2.24) is 14.8 Å². The number of hydrogen-bond donors (Lipinski definition) is 1. The molecule has 0 spiro atoms. The van der Waals surface area contributed by atoms with E-state index in [1.165, 1.54) is 23.1 Å². The summed E-state index contributed by atoms with van der Waals surface area (Å²) in [5.74, 6) is -0.620. The van der Waals surface area contributed by atoms with Crippen LogP contribution < -0.4 is 5.32 Å². The summed E-state index contributed by atoms with van der Waals surface area (Å²) in [5.41, 5.74) is 0.559. The van der Waals surface area contributed by atoms with Gasteiger partial charge in [0.15, 0.2) is 0 Å². The molecule has 1 amide bonds. The van der Waals surface area contributed by atoms with Crippen molar-refractivity contribution in [2.75, 3.05) is 5.32 Å². The van der Waals surface area contributed by atoms with E-state index in [1.807, 2.05) is 0 Å². The van der Waals surface area contributed by atoms with Crippen LogP contribution in [0.1, 0.15) is 0 Å². The Morgan fingerprint density at radius 3 is 2.94 bits per heavy atom. The van der Waals surface area contributed by atoms with E-state index in [-0.39, 0.29) is 18.3 Å². The largest absolute Gasteiger partial charge is 0.389 e. The van der Waals surface area contributed by atoms with Crippen LogP contribution in [-0.2, 0) is 11.3 Å². The summed E-state index contributed by atoms with van der Waals surface area (Å²) < 4.78 is 1.20. The number of nitrogens with one attached hydrogen (secondary N) is 1. The Morgan fingerprint density at radius 2 is 2.33 bits per heavy atom. The van der Waals surface area contributed by atoms with Crippen molar-refractivity contribution in [3.05, 3.63) is 46.9 Å². The smallest absolute Gasteiger partial charge is 0.358 e. The van der Waals surface area contributed by atoms with Gasteiger partial charge >= 0.3 is 5.82 Å². The van der Waals surface area contributed by atoms with Crippen molar-refractivity contribution < 1.29 is 9.72 Å². The lowest BCUT2D eigenvalue weighted by molar-refractivity contribution is -0.389. The molecule has 0 radical (unpaired) electrons. The Morgan fingerprint density at radius 1 is 1.50 bits per heavy atom. The quantitative estimate of drug-likeness (QED) is 0.636. The molecule has 2 heterocycles. The van der Waals surface area contributed by atoms with Gasteiger partial charge < -0.3 is 15.4 Å². The zero-order valence-corrected chi connectivity index (χ0v) is 9.18. The molecule has 2 aromatic rings. The first-order valence-electron chi connectivity index (χ1n) is 5.03. The number of anilines is 1. The summed E-state index contributed by atoms with van der Waals surface area (Å²) in [4.78, 5) is 25.2. The molecule has 8 heteroatoms. The van der Waals surface area contributed by atoms with Crippen molar-refractivity contribution in [2.24, 2.45) is 0 Å². The van der Waals surface area contributed by atoms with Crippen molar-refractivity contribution in [1.29, 1.82) is 0 Å². The lowest BCUT2D eigenvalue weighted by Crippen LogP contribution is -2.19. The summed E-state index contributed by atoms with van der Waals surface area (Å²) in [6.07, 6.45) is 4.47. The molecular weight excluding hydrogens is 238 g/mol. The van der Waals surface area contributed by atoms with Crippen molar-refractivity contribution in [2.45, 2.75) is 6.54 Å². The van der Waals surface area contributed by atoms with Crippen LogP contribution in [0.5, 0.6) is 0 Å². The van der Waals surface area contributed by atoms with Gasteiger partial charge in [0, 0.05) is 6.20 Å². The summed E-state index contributed by atoms with van der Waals surface area (Å²) in [7, 11) is 0. The third kappa shape index (κ3) is 2.88. The molecule has 92 valence electrons. The van der Waals surface area contributed by atoms with E-state index in [9.17, 15) is 14.9 Å². The van der Waals surface area contributed by atoms with Gasteiger partial charge in [0.1, 0.15) is 6.54 Å². The molecule has 0 unspecified atom stereocenters. The first-order chi connectivity index (χ1) is 8.65. The van der Waals surface area contributed by atoms with Crippen LogP contribution in [0.15, 0.2) is 36.8 Å². The first-order valence-corrected chi connectivity index (χ1v) is 5.03. The van der Waals surface area contributed by atoms with E-state index >= 15 is 0 Å². The molecule has 8 nitrogen and oxygen atoms in total. The molecule has 0 atom stereocenters. The third-order valence-corrected chi connectivity index (χ3v) is 2.06. The highest BCUT2D eigenvalue weighted by Gasteiger charge is 2.13. The maximum absolute atomic E-state index is 11.6. The highest BCUT2D eigenvalue weighted by molar-refractivity contribution is 5.90. The van der Waals surface area contributed by atoms with E-state index in [1.54, 1.807) is 18.3 Å². The molecule has 0 aromatic carbocycles. The molecule has 0 aliphatic rings. The van der Waals surface area contributed by atoms with Crippen LogP contribution in [0.2, 0.25) is 0 Å². The Bertz CT molecular complexity index is 566. The van der Waals surface area contributed by atoms with Crippen LogP contribution in [0.25, 0.3) is 0 Å². The van der Waals surface area contributed by atoms with Gasteiger partial charge in [-0.25, -0.2) is 0 Å². The number of pyridine rings is 1. The number of carbonyl (C=O) groups excluding carboxylic acids is 1. The number of carbonyl (C=O) groups is 1. The van der Waals surface area contributed by atoms with Gasteiger partial charge in [0.2, 0.25) is 5.91 Å². The minimum Gasteiger partial charge on any atom is -0.358 e. The van der Waals surface area contributed by atoms with E-state index in [4.69, 9.17) is 0 Å². The van der Waals surface area contributed by atoms with Gasteiger partial charge in [-0.2, -0.15) is 4.68 Å². The molecule has 18 heavy (non-hydrogen) atoms. The van der Waals surface area contributed by atoms with Crippen LogP contribution >= 0.6 is 0 Å². The molecule has 0 bridgehead atoms. The van der Waals surface area contributed by atoms with Gasteiger partial charge in [0.25, 0.3) is 0 Å². The highest BCUT2D eigenvalue weighted by atomic mass is 16.6. The molecular formula is C10H9N5O3. The average Bonchev–Trinajstić information content (AvgIpc) is 2.78. The molecule has 2 aromatic heterocycles. The van der Waals surface area contributed by atoms with Crippen molar-refractivity contribution >= 4 is 17.4 Å². The van der Waals surface area contributed by atoms with E-state index in [0.29, 0.717) is 5.69 Å². The minimum absolute atomic E-state index is 0.0945. The van der Waals surface area contributed by atoms with E-state index in [2.05, 4.69) is 15.4 Å². The molecule has 0 aliphatic heterocycles. The third-order valence-electron chi connectivity index (χ3n) is 2.06. The standard InChI is InChI=1S/C10H9N5O3/c16-10(12-8-2-1-4-11-6-8)7-14-5-3-9(13-14)15(17)18/h1-6H,7H2,(H,12,16). The molecule has 1 N–H and O–H groups in total. The minimum atomic E-state index is -0.616. The van der Waals surface area contributed by atoms with Gasteiger partial charge in [-0.05, 0) is 17.1 Å². The van der Waals surface area contributed by atoms with Gasteiger partial charge in [-0.1, -0.05) is 0 Å². The summed E-state index contributed by atoms with van der Waals surface area (Å²) in [6, 6.07) is 4.61. The number of nitro groups is 1. The second kappa shape index (κ2) is 5.04. The number of rotatable bonds is 4. The number of amides is 1. The monoisotopic (exact) mass is 247 g/mol. The summed E-state index contributed by atoms with van der Waals surface area (Å²) >= 11 is 0. The number of hydrogen-bond acceptors (Lipinski definition) is 5. The predicted molar refractivity (Wildman–Crippen MR) is 61.7 cm³/mol. The fourth-order valence-corrected chi connectivity index (χ4v) is 1.32. The molecule has 0 saturated heterocycles. The Hall–Kier alpha value is -2.77. The lowest BCUT2D eigenvalue weighted by Gasteiger charge is -2.02. The predicted octanol–water partition coefficient (Wildman–Crippen LogP) is 0.825. The van der Waals surface area contributed by atoms with Crippen LogP contribution in [0.4, 0.5) is 11.5 Å².